The highest BCUT2D eigenvalue weighted by Gasteiger charge is 2.25. The van der Waals surface area contributed by atoms with E-state index in [4.69, 9.17) is 11.6 Å². The largest absolute Gasteiger partial charge is 0.313 e. The van der Waals surface area contributed by atoms with Crippen LogP contribution in [0.25, 0.3) is 6.08 Å². The average Bonchev–Trinajstić information content (AvgIpc) is 2.86. The van der Waals surface area contributed by atoms with Crippen LogP contribution >= 0.6 is 22.9 Å². The number of benzene rings is 1. The number of thiophene rings is 1. The molecule has 0 saturated heterocycles. The molecule has 152 valence electrons. The molecule has 8 heteroatoms. The molecular weight excluding hydrogens is 410 g/mol. The van der Waals surface area contributed by atoms with Crippen LogP contribution in [0.5, 0.6) is 0 Å². The van der Waals surface area contributed by atoms with Gasteiger partial charge in [-0.1, -0.05) is 36.2 Å². The predicted octanol–water partition coefficient (Wildman–Crippen LogP) is 4.10. The standard InChI is InChI=1S/C21H22ClN3O3S/c1-13(26)24-25-20(28)19-15-8-3-2-4-10-17(15)29-21(19)23-18(27)12-11-14-7-5-6-9-16(14)22/h5-7,9,11-12H,2-4,8,10H2,1H3,(H,23,27)(H,24,26)(H,25,28)/b12-11+. The van der Waals surface area contributed by atoms with Gasteiger partial charge in [-0.25, -0.2) is 0 Å². The van der Waals surface area contributed by atoms with E-state index in [9.17, 15) is 14.4 Å². The maximum atomic E-state index is 12.7. The molecule has 1 heterocycles. The molecule has 29 heavy (non-hydrogen) atoms. The van der Waals surface area contributed by atoms with Gasteiger partial charge in [-0.3, -0.25) is 25.2 Å². The third-order valence-corrected chi connectivity index (χ3v) is 6.11. The lowest BCUT2D eigenvalue weighted by atomic mass is 10.1. The predicted molar refractivity (Wildman–Crippen MR) is 116 cm³/mol. The van der Waals surface area contributed by atoms with Crippen LogP contribution in [0.15, 0.2) is 30.3 Å². The summed E-state index contributed by atoms with van der Waals surface area (Å²) < 4.78 is 0. The highest BCUT2D eigenvalue weighted by atomic mass is 35.5. The molecule has 3 amide bonds. The Morgan fingerprint density at radius 1 is 1.07 bits per heavy atom. The second-order valence-electron chi connectivity index (χ2n) is 6.75. The monoisotopic (exact) mass is 431 g/mol. The second-order valence-corrected chi connectivity index (χ2v) is 8.26. The van der Waals surface area contributed by atoms with E-state index in [1.165, 1.54) is 24.3 Å². The molecule has 1 aliphatic carbocycles. The Bertz CT molecular complexity index is 968. The fourth-order valence-corrected chi connectivity index (χ4v) is 4.70. The van der Waals surface area contributed by atoms with Crippen LogP contribution in [0.3, 0.4) is 0 Å². The van der Waals surface area contributed by atoms with Gasteiger partial charge in [0.1, 0.15) is 5.00 Å². The lowest BCUT2D eigenvalue weighted by molar-refractivity contribution is -0.119. The first-order valence-electron chi connectivity index (χ1n) is 9.40. The Kier molecular flexibility index (Phi) is 7.06. The summed E-state index contributed by atoms with van der Waals surface area (Å²) in [5, 5.41) is 3.87. The lowest BCUT2D eigenvalue weighted by Crippen LogP contribution is -2.40. The minimum absolute atomic E-state index is 0.352. The van der Waals surface area contributed by atoms with Gasteiger partial charge in [0.2, 0.25) is 11.8 Å². The summed E-state index contributed by atoms with van der Waals surface area (Å²) in [5.41, 5.74) is 6.85. The number of anilines is 1. The number of aryl methyl sites for hydroxylation is 1. The minimum atomic E-state index is -0.426. The van der Waals surface area contributed by atoms with Gasteiger partial charge >= 0.3 is 0 Å². The number of hydrogen-bond acceptors (Lipinski definition) is 4. The first-order valence-corrected chi connectivity index (χ1v) is 10.6. The van der Waals surface area contributed by atoms with E-state index in [2.05, 4.69) is 16.2 Å². The highest BCUT2D eigenvalue weighted by molar-refractivity contribution is 7.17. The van der Waals surface area contributed by atoms with Gasteiger partial charge in [0.25, 0.3) is 5.91 Å². The van der Waals surface area contributed by atoms with E-state index in [1.54, 1.807) is 12.1 Å². The molecule has 3 N–H and O–H groups in total. The number of fused-ring (bicyclic) bond motifs is 1. The van der Waals surface area contributed by atoms with E-state index >= 15 is 0 Å². The summed E-state index contributed by atoms with van der Waals surface area (Å²) >= 11 is 7.54. The van der Waals surface area contributed by atoms with Gasteiger partial charge in [-0.15, -0.1) is 11.3 Å². The van der Waals surface area contributed by atoms with Gasteiger partial charge < -0.3 is 5.32 Å². The van der Waals surface area contributed by atoms with Crippen LogP contribution in [-0.4, -0.2) is 17.7 Å². The molecular formula is C21H22ClN3O3S. The summed E-state index contributed by atoms with van der Waals surface area (Å²) in [7, 11) is 0. The molecule has 0 bridgehead atoms. The summed E-state index contributed by atoms with van der Waals surface area (Å²) in [4.78, 5) is 37.5. The van der Waals surface area contributed by atoms with Crippen molar-refractivity contribution in [2.24, 2.45) is 0 Å². The second kappa shape index (κ2) is 9.71. The number of carbonyl (C=O) groups is 3. The lowest BCUT2D eigenvalue weighted by Gasteiger charge is -2.09. The molecule has 0 fully saturated rings. The van der Waals surface area contributed by atoms with Crippen molar-refractivity contribution in [3.8, 4) is 0 Å². The molecule has 0 atom stereocenters. The fourth-order valence-electron chi connectivity index (χ4n) is 3.21. The Balaban J connectivity index is 1.84. The van der Waals surface area contributed by atoms with Crippen LogP contribution in [-0.2, 0) is 22.4 Å². The normalized spacial score (nSPS) is 13.4. The number of nitrogens with one attached hydrogen (secondary N) is 3. The van der Waals surface area contributed by atoms with E-state index in [0.717, 1.165) is 48.1 Å². The van der Waals surface area contributed by atoms with Crippen molar-refractivity contribution in [3.63, 3.8) is 0 Å². The average molecular weight is 432 g/mol. The number of rotatable bonds is 4. The quantitative estimate of drug-likeness (QED) is 0.387. The molecule has 3 rings (SSSR count). The summed E-state index contributed by atoms with van der Waals surface area (Å²) in [6.45, 7) is 1.32. The van der Waals surface area contributed by atoms with E-state index in [1.807, 2.05) is 18.2 Å². The zero-order chi connectivity index (χ0) is 20.8. The fraction of sp³-hybridized carbons (Fsp3) is 0.286. The van der Waals surface area contributed by atoms with Crippen molar-refractivity contribution in [1.29, 1.82) is 0 Å². The van der Waals surface area contributed by atoms with Gasteiger partial charge in [0, 0.05) is 22.9 Å². The van der Waals surface area contributed by atoms with Gasteiger partial charge in [-0.2, -0.15) is 0 Å². The molecule has 0 radical (unpaired) electrons. The smallest absolute Gasteiger partial charge is 0.272 e. The zero-order valence-electron chi connectivity index (χ0n) is 16.0. The number of halogens is 1. The molecule has 0 aliphatic heterocycles. The number of hydrogen-bond donors (Lipinski definition) is 3. The SMILES string of the molecule is CC(=O)NNC(=O)c1c(NC(=O)/C=C/c2ccccc2Cl)sc2c1CCCCC2. The van der Waals surface area contributed by atoms with Crippen molar-refractivity contribution in [3.05, 3.63) is 56.9 Å². The number of carbonyl (C=O) groups excluding carboxylic acids is 3. The summed E-state index contributed by atoms with van der Waals surface area (Å²) in [6, 6.07) is 7.22. The molecule has 6 nitrogen and oxygen atoms in total. The van der Waals surface area contributed by atoms with Crippen molar-refractivity contribution in [2.75, 3.05) is 5.32 Å². The summed E-state index contributed by atoms with van der Waals surface area (Å²) in [5.74, 6) is -1.15. The number of hydrazine groups is 1. The molecule has 0 unspecified atom stereocenters. The maximum Gasteiger partial charge on any atom is 0.272 e. The third-order valence-electron chi connectivity index (χ3n) is 4.56. The zero-order valence-corrected chi connectivity index (χ0v) is 17.6. The number of amides is 3. The molecule has 1 aliphatic rings. The van der Waals surface area contributed by atoms with Crippen LogP contribution in [0.4, 0.5) is 5.00 Å². The van der Waals surface area contributed by atoms with Gasteiger partial charge in [-0.05, 0) is 49.0 Å². The van der Waals surface area contributed by atoms with Crippen molar-refractivity contribution in [2.45, 2.75) is 39.0 Å². The van der Waals surface area contributed by atoms with Gasteiger partial charge in [0.05, 0.1) is 5.56 Å². The third kappa shape index (κ3) is 5.46. The Labute approximate surface area is 178 Å². The Morgan fingerprint density at radius 2 is 1.83 bits per heavy atom. The first kappa shape index (κ1) is 21.1. The molecule has 0 spiro atoms. The van der Waals surface area contributed by atoms with Gasteiger partial charge in [0.15, 0.2) is 0 Å². The molecule has 0 saturated carbocycles. The van der Waals surface area contributed by atoms with E-state index in [-0.39, 0.29) is 11.8 Å². The summed E-state index contributed by atoms with van der Waals surface area (Å²) in [6.07, 6.45) is 7.83. The van der Waals surface area contributed by atoms with Crippen molar-refractivity contribution >= 4 is 51.7 Å². The minimum Gasteiger partial charge on any atom is -0.313 e. The van der Waals surface area contributed by atoms with E-state index in [0.29, 0.717) is 15.6 Å². The molecule has 2 aromatic rings. The first-order chi connectivity index (χ1) is 14.0. The van der Waals surface area contributed by atoms with Crippen LogP contribution in [0.2, 0.25) is 5.02 Å². The van der Waals surface area contributed by atoms with Crippen LogP contribution in [0.1, 0.15) is 52.5 Å². The highest BCUT2D eigenvalue weighted by Crippen LogP contribution is 2.37. The van der Waals surface area contributed by atoms with Crippen LogP contribution in [0, 0.1) is 0 Å². The molecule has 1 aromatic heterocycles. The van der Waals surface area contributed by atoms with Crippen LogP contribution < -0.4 is 16.2 Å². The maximum absolute atomic E-state index is 12.7. The van der Waals surface area contributed by atoms with Crippen molar-refractivity contribution in [1.82, 2.24) is 10.9 Å². The molecule has 1 aromatic carbocycles. The van der Waals surface area contributed by atoms with E-state index < -0.39 is 5.91 Å². The van der Waals surface area contributed by atoms with Crippen molar-refractivity contribution < 1.29 is 14.4 Å². The topological polar surface area (TPSA) is 87.3 Å². The Hall–Kier alpha value is -2.64. The Morgan fingerprint density at radius 3 is 2.59 bits per heavy atom.